The fraction of sp³-hybridized carbons (Fsp3) is 0.0833. The number of carboxylic acids is 1. The van der Waals surface area contributed by atoms with Crippen LogP contribution >= 0.6 is 22.9 Å². The summed E-state index contributed by atoms with van der Waals surface area (Å²) < 4.78 is 0. The smallest absolute Gasteiger partial charge is 0.355 e. The Morgan fingerprint density at radius 3 is 2.80 bits per heavy atom. The second-order valence-corrected chi connectivity index (χ2v) is 5.22. The molecule has 1 aromatic heterocycles. The van der Waals surface area contributed by atoms with Gasteiger partial charge >= 0.3 is 5.97 Å². The number of carbonyl (C=O) groups is 2. The lowest BCUT2D eigenvalue weighted by Crippen LogP contribution is -2.14. The number of rotatable bonds is 5. The summed E-state index contributed by atoms with van der Waals surface area (Å²) in [4.78, 5) is 25.9. The number of carbonyl (C=O) groups excluding carboxylic acids is 1. The largest absolute Gasteiger partial charge is 0.476 e. The van der Waals surface area contributed by atoms with Crippen molar-refractivity contribution in [2.45, 2.75) is 6.54 Å². The standard InChI is InChI=1S/C12H10ClN3O3S/c13-6-1-2-7(11(14)17)8(3-6)15-4-10-16-9(5-20-10)12(18)19/h1-3,5,15H,4H2,(H2,14,17)(H,18,19). The lowest BCUT2D eigenvalue weighted by molar-refractivity contribution is 0.0691. The summed E-state index contributed by atoms with van der Waals surface area (Å²) in [5, 5.41) is 14.2. The van der Waals surface area contributed by atoms with Crippen LogP contribution < -0.4 is 11.1 Å². The highest BCUT2D eigenvalue weighted by molar-refractivity contribution is 7.09. The Hall–Kier alpha value is -2.12. The monoisotopic (exact) mass is 311 g/mol. The Morgan fingerprint density at radius 1 is 1.45 bits per heavy atom. The number of thiazole rings is 1. The van der Waals surface area contributed by atoms with Crippen molar-refractivity contribution in [1.82, 2.24) is 4.98 Å². The van der Waals surface area contributed by atoms with Gasteiger partial charge in [-0.1, -0.05) is 11.6 Å². The van der Waals surface area contributed by atoms with Crippen LogP contribution in [-0.2, 0) is 6.54 Å². The summed E-state index contributed by atoms with van der Waals surface area (Å²) in [5.41, 5.74) is 6.05. The maximum absolute atomic E-state index is 11.3. The van der Waals surface area contributed by atoms with E-state index in [0.717, 1.165) is 0 Å². The van der Waals surface area contributed by atoms with E-state index in [4.69, 9.17) is 22.4 Å². The molecule has 8 heteroatoms. The second kappa shape index (κ2) is 5.89. The Kier molecular flexibility index (Phi) is 4.21. The molecule has 2 rings (SSSR count). The number of nitrogens with zero attached hydrogens (tertiary/aromatic N) is 1. The number of nitrogens with two attached hydrogens (primary N) is 1. The number of hydrogen-bond acceptors (Lipinski definition) is 5. The first-order chi connectivity index (χ1) is 9.47. The van der Waals surface area contributed by atoms with E-state index in [1.54, 1.807) is 12.1 Å². The van der Waals surface area contributed by atoms with Crippen LogP contribution in [0.1, 0.15) is 25.9 Å². The molecule has 6 nitrogen and oxygen atoms in total. The molecule has 0 bridgehead atoms. The van der Waals surface area contributed by atoms with Crippen molar-refractivity contribution < 1.29 is 14.7 Å². The molecule has 0 aliphatic heterocycles. The number of aromatic nitrogens is 1. The third-order valence-electron chi connectivity index (χ3n) is 2.45. The summed E-state index contributed by atoms with van der Waals surface area (Å²) in [5.74, 6) is -1.65. The molecule has 20 heavy (non-hydrogen) atoms. The molecular formula is C12H10ClN3O3S. The Balaban J connectivity index is 2.15. The van der Waals surface area contributed by atoms with Gasteiger partial charge in [-0.25, -0.2) is 9.78 Å². The minimum absolute atomic E-state index is 0.00646. The second-order valence-electron chi connectivity index (χ2n) is 3.84. The van der Waals surface area contributed by atoms with Gasteiger partial charge < -0.3 is 16.2 Å². The van der Waals surface area contributed by atoms with Gasteiger partial charge in [-0.05, 0) is 18.2 Å². The molecule has 2 aromatic rings. The number of hydrogen-bond donors (Lipinski definition) is 3. The summed E-state index contributed by atoms with van der Waals surface area (Å²) >= 11 is 7.08. The van der Waals surface area contributed by atoms with Crippen molar-refractivity contribution in [3.63, 3.8) is 0 Å². The zero-order chi connectivity index (χ0) is 14.7. The van der Waals surface area contributed by atoms with Crippen LogP contribution in [0.15, 0.2) is 23.6 Å². The van der Waals surface area contributed by atoms with Gasteiger partial charge in [0.05, 0.1) is 12.1 Å². The summed E-state index contributed by atoms with van der Waals surface area (Å²) in [6, 6.07) is 4.67. The third-order valence-corrected chi connectivity index (χ3v) is 3.53. The van der Waals surface area contributed by atoms with E-state index in [9.17, 15) is 9.59 Å². The predicted octanol–water partition coefficient (Wildman–Crippen LogP) is 2.21. The SMILES string of the molecule is NC(=O)c1ccc(Cl)cc1NCc1nc(C(=O)O)cs1. The van der Waals surface area contributed by atoms with Gasteiger partial charge in [0.1, 0.15) is 5.01 Å². The fourth-order valence-corrected chi connectivity index (χ4v) is 2.42. The fourth-order valence-electron chi connectivity index (χ4n) is 1.54. The van der Waals surface area contributed by atoms with Gasteiger partial charge in [-0.3, -0.25) is 4.79 Å². The number of nitrogens with one attached hydrogen (secondary N) is 1. The minimum atomic E-state index is -1.08. The number of aromatic carboxylic acids is 1. The molecule has 0 aliphatic rings. The molecule has 1 heterocycles. The average Bonchev–Trinajstić information content (AvgIpc) is 2.85. The van der Waals surface area contributed by atoms with E-state index < -0.39 is 11.9 Å². The molecule has 1 aromatic carbocycles. The van der Waals surface area contributed by atoms with Crippen LogP contribution in [0.2, 0.25) is 5.02 Å². The number of primary amides is 1. The lowest BCUT2D eigenvalue weighted by atomic mass is 10.1. The summed E-state index contributed by atoms with van der Waals surface area (Å²) in [6.07, 6.45) is 0. The van der Waals surface area contributed by atoms with Gasteiger partial charge in [0.2, 0.25) is 0 Å². The quantitative estimate of drug-likeness (QED) is 0.785. The maximum Gasteiger partial charge on any atom is 0.355 e. The molecule has 1 amide bonds. The maximum atomic E-state index is 11.3. The van der Waals surface area contributed by atoms with Gasteiger partial charge in [-0.15, -0.1) is 11.3 Å². The number of amides is 1. The summed E-state index contributed by atoms with van der Waals surface area (Å²) in [7, 11) is 0. The number of carboxylic acid groups (broad SMARTS) is 1. The average molecular weight is 312 g/mol. The minimum Gasteiger partial charge on any atom is -0.476 e. The molecule has 0 saturated heterocycles. The normalized spacial score (nSPS) is 10.2. The first-order valence-corrected chi connectivity index (χ1v) is 6.74. The van der Waals surface area contributed by atoms with Crippen LogP contribution in [0.3, 0.4) is 0 Å². The molecule has 4 N–H and O–H groups in total. The van der Waals surface area contributed by atoms with Crippen LogP contribution in [-0.4, -0.2) is 22.0 Å². The zero-order valence-corrected chi connectivity index (χ0v) is 11.7. The molecule has 0 saturated carbocycles. The number of benzene rings is 1. The van der Waals surface area contributed by atoms with E-state index in [1.807, 2.05) is 0 Å². The predicted molar refractivity (Wildman–Crippen MR) is 76.4 cm³/mol. The van der Waals surface area contributed by atoms with Crippen LogP contribution in [0, 0.1) is 0 Å². The number of anilines is 1. The summed E-state index contributed by atoms with van der Waals surface area (Å²) in [6.45, 7) is 0.276. The topological polar surface area (TPSA) is 105 Å². The van der Waals surface area contributed by atoms with Gasteiger partial charge in [-0.2, -0.15) is 0 Å². The van der Waals surface area contributed by atoms with Crippen LogP contribution in [0.4, 0.5) is 5.69 Å². The molecule has 0 radical (unpaired) electrons. The molecule has 104 valence electrons. The third kappa shape index (κ3) is 3.25. The van der Waals surface area contributed by atoms with E-state index >= 15 is 0 Å². The van der Waals surface area contributed by atoms with Crippen LogP contribution in [0.5, 0.6) is 0 Å². The Labute approximate surface area is 123 Å². The van der Waals surface area contributed by atoms with Crippen molar-refractivity contribution in [3.8, 4) is 0 Å². The molecule has 0 aliphatic carbocycles. The Bertz CT molecular complexity index is 672. The van der Waals surface area contributed by atoms with Crippen molar-refractivity contribution in [3.05, 3.63) is 44.9 Å². The van der Waals surface area contributed by atoms with Crippen molar-refractivity contribution in [2.24, 2.45) is 5.73 Å². The highest BCUT2D eigenvalue weighted by atomic mass is 35.5. The molecule has 0 atom stereocenters. The molecule has 0 spiro atoms. The van der Waals surface area contributed by atoms with E-state index in [2.05, 4.69) is 10.3 Å². The van der Waals surface area contributed by atoms with Crippen molar-refractivity contribution in [1.29, 1.82) is 0 Å². The highest BCUT2D eigenvalue weighted by Crippen LogP contribution is 2.22. The Morgan fingerprint density at radius 2 is 2.20 bits per heavy atom. The highest BCUT2D eigenvalue weighted by Gasteiger charge is 2.11. The lowest BCUT2D eigenvalue weighted by Gasteiger charge is -2.09. The molecule has 0 unspecified atom stereocenters. The van der Waals surface area contributed by atoms with E-state index in [-0.39, 0.29) is 12.2 Å². The molecular weight excluding hydrogens is 302 g/mol. The van der Waals surface area contributed by atoms with Crippen molar-refractivity contribution >= 4 is 40.5 Å². The van der Waals surface area contributed by atoms with Crippen LogP contribution in [0.25, 0.3) is 0 Å². The van der Waals surface area contributed by atoms with E-state index in [0.29, 0.717) is 21.3 Å². The van der Waals surface area contributed by atoms with Gasteiger partial charge in [0.25, 0.3) is 5.91 Å². The first-order valence-electron chi connectivity index (χ1n) is 5.48. The number of halogens is 1. The van der Waals surface area contributed by atoms with Crippen molar-refractivity contribution in [2.75, 3.05) is 5.32 Å². The van der Waals surface area contributed by atoms with Gasteiger partial charge in [0.15, 0.2) is 5.69 Å². The zero-order valence-electron chi connectivity index (χ0n) is 10.1. The van der Waals surface area contributed by atoms with Gasteiger partial charge in [0, 0.05) is 16.1 Å². The van der Waals surface area contributed by atoms with E-state index in [1.165, 1.54) is 22.8 Å². The first kappa shape index (κ1) is 14.3. The molecule has 0 fully saturated rings.